The second-order valence-corrected chi connectivity index (χ2v) is 8.86. The van der Waals surface area contributed by atoms with Crippen LogP contribution in [-0.4, -0.2) is 22.6 Å². The number of para-hydroxylation sites is 1. The van der Waals surface area contributed by atoms with Gasteiger partial charge in [-0.05, 0) is 59.5 Å². The highest BCUT2D eigenvalue weighted by atomic mass is 32.2. The van der Waals surface area contributed by atoms with Crippen molar-refractivity contribution in [2.24, 2.45) is 4.99 Å². The molecule has 0 saturated carbocycles. The number of amides is 1. The summed E-state index contributed by atoms with van der Waals surface area (Å²) < 4.78 is 5.81. The van der Waals surface area contributed by atoms with E-state index < -0.39 is 0 Å². The summed E-state index contributed by atoms with van der Waals surface area (Å²) in [4.78, 5) is 20.8. The zero-order valence-electron chi connectivity index (χ0n) is 18.8. The van der Waals surface area contributed by atoms with Crippen LogP contribution in [0.3, 0.4) is 0 Å². The molecule has 1 amide bonds. The number of carbonyl (C=O) groups excluding carboxylic acids is 1. The van der Waals surface area contributed by atoms with E-state index in [9.17, 15) is 4.79 Å². The van der Waals surface area contributed by atoms with Gasteiger partial charge in [-0.15, -0.1) is 0 Å². The third kappa shape index (κ3) is 4.61. The third-order valence-electron chi connectivity index (χ3n) is 5.56. The molecule has 34 heavy (non-hydrogen) atoms. The van der Waals surface area contributed by atoms with Crippen LogP contribution >= 0.6 is 11.8 Å². The van der Waals surface area contributed by atoms with Crippen LogP contribution in [0.1, 0.15) is 18.1 Å². The van der Waals surface area contributed by atoms with Crippen molar-refractivity contribution in [1.29, 1.82) is 0 Å². The van der Waals surface area contributed by atoms with Crippen LogP contribution < -0.4 is 4.74 Å². The number of hydrogen-bond donors (Lipinski definition) is 0. The summed E-state index contributed by atoms with van der Waals surface area (Å²) in [5.74, 6) is 0.809. The summed E-state index contributed by atoms with van der Waals surface area (Å²) in [5, 5.41) is 2.77. The van der Waals surface area contributed by atoms with Crippen LogP contribution in [-0.2, 0) is 11.3 Å². The van der Waals surface area contributed by atoms with E-state index in [1.807, 2.05) is 97.9 Å². The Hall–Kier alpha value is -3.83. The summed E-state index contributed by atoms with van der Waals surface area (Å²) in [6, 6.07) is 31.9. The number of carbonyl (C=O) groups is 1. The van der Waals surface area contributed by atoms with Gasteiger partial charge in [0.05, 0.1) is 23.7 Å². The molecule has 0 unspecified atom stereocenters. The summed E-state index contributed by atoms with van der Waals surface area (Å²) in [5.41, 5.74) is 2.86. The Kier molecular flexibility index (Phi) is 6.45. The Morgan fingerprint density at radius 2 is 1.53 bits per heavy atom. The molecule has 4 nitrogen and oxygen atoms in total. The van der Waals surface area contributed by atoms with Crippen molar-refractivity contribution in [3.63, 3.8) is 0 Å². The van der Waals surface area contributed by atoms with Crippen LogP contribution in [0.2, 0.25) is 0 Å². The van der Waals surface area contributed by atoms with E-state index in [4.69, 9.17) is 9.73 Å². The summed E-state index contributed by atoms with van der Waals surface area (Å²) in [6.45, 7) is 3.06. The molecular formula is C29H24N2O2S. The maximum Gasteiger partial charge on any atom is 0.267 e. The van der Waals surface area contributed by atoms with Gasteiger partial charge in [0.1, 0.15) is 5.75 Å². The lowest BCUT2D eigenvalue weighted by atomic mass is 10.0. The van der Waals surface area contributed by atoms with E-state index in [1.165, 1.54) is 11.8 Å². The number of nitrogens with zero attached hydrogens (tertiary/aromatic N) is 2. The first-order valence-electron chi connectivity index (χ1n) is 11.3. The Balaban J connectivity index is 1.55. The molecular weight excluding hydrogens is 440 g/mol. The van der Waals surface area contributed by atoms with E-state index in [2.05, 4.69) is 12.1 Å². The van der Waals surface area contributed by atoms with Gasteiger partial charge in [0.25, 0.3) is 5.91 Å². The molecule has 4 aromatic rings. The lowest BCUT2D eigenvalue weighted by Crippen LogP contribution is -2.28. The number of thioether (sulfide) groups is 1. The molecule has 5 heteroatoms. The van der Waals surface area contributed by atoms with Crippen molar-refractivity contribution in [3.8, 4) is 5.75 Å². The Morgan fingerprint density at radius 3 is 2.26 bits per heavy atom. The van der Waals surface area contributed by atoms with Crippen LogP contribution in [0.15, 0.2) is 107 Å². The Bertz CT molecular complexity index is 1380. The maximum absolute atomic E-state index is 13.6. The first-order chi connectivity index (χ1) is 16.7. The Labute approximate surface area is 203 Å². The molecule has 1 aliphatic heterocycles. The fourth-order valence-corrected chi connectivity index (χ4v) is 4.94. The number of rotatable bonds is 6. The molecule has 0 atom stereocenters. The molecule has 1 saturated heterocycles. The van der Waals surface area contributed by atoms with E-state index in [0.717, 1.165) is 33.3 Å². The molecule has 0 N–H and O–H groups in total. The molecule has 0 aromatic heterocycles. The van der Waals surface area contributed by atoms with Gasteiger partial charge in [0.2, 0.25) is 0 Å². The van der Waals surface area contributed by atoms with Gasteiger partial charge in [0.15, 0.2) is 5.17 Å². The maximum atomic E-state index is 13.6. The monoisotopic (exact) mass is 464 g/mol. The highest BCUT2D eigenvalue weighted by molar-refractivity contribution is 8.18. The number of amidine groups is 1. The van der Waals surface area contributed by atoms with Crippen molar-refractivity contribution >= 4 is 45.4 Å². The molecule has 168 valence electrons. The molecule has 1 heterocycles. The number of fused-ring (bicyclic) bond motifs is 1. The van der Waals surface area contributed by atoms with Crippen molar-refractivity contribution < 1.29 is 9.53 Å². The second kappa shape index (κ2) is 9.98. The van der Waals surface area contributed by atoms with Crippen LogP contribution in [0, 0.1) is 0 Å². The lowest BCUT2D eigenvalue weighted by molar-refractivity contribution is -0.122. The minimum absolute atomic E-state index is 0.0403. The topological polar surface area (TPSA) is 41.9 Å². The van der Waals surface area contributed by atoms with Crippen LogP contribution in [0.25, 0.3) is 16.8 Å². The van der Waals surface area contributed by atoms with Gasteiger partial charge in [-0.1, -0.05) is 78.9 Å². The highest BCUT2D eigenvalue weighted by Gasteiger charge is 2.33. The number of hydrogen-bond acceptors (Lipinski definition) is 4. The molecule has 5 rings (SSSR count). The lowest BCUT2D eigenvalue weighted by Gasteiger charge is -2.15. The smallest absolute Gasteiger partial charge is 0.267 e. The first-order valence-corrected chi connectivity index (χ1v) is 12.1. The quantitative estimate of drug-likeness (QED) is 0.287. The molecule has 0 spiro atoms. The van der Waals surface area contributed by atoms with Gasteiger partial charge < -0.3 is 4.74 Å². The fraction of sp³-hybridized carbons (Fsp3) is 0.103. The summed E-state index contributed by atoms with van der Waals surface area (Å²) >= 11 is 1.42. The van der Waals surface area contributed by atoms with E-state index >= 15 is 0 Å². The molecule has 1 aliphatic rings. The van der Waals surface area contributed by atoms with Gasteiger partial charge in [-0.2, -0.15) is 0 Å². The molecule has 0 bridgehead atoms. The van der Waals surface area contributed by atoms with E-state index in [0.29, 0.717) is 23.2 Å². The molecule has 0 radical (unpaired) electrons. The largest absolute Gasteiger partial charge is 0.493 e. The fourth-order valence-electron chi connectivity index (χ4n) is 3.95. The predicted octanol–water partition coefficient (Wildman–Crippen LogP) is 7.04. The SMILES string of the molecule is CCOc1ccc(/C=C2/SC(=Nc3ccccc3)N(Cc3ccccc3)C2=O)c2ccccc12. The zero-order valence-corrected chi connectivity index (χ0v) is 19.7. The van der Waals surface area contributed by atoms with Crippen molar-refractivity contribution in [2.75, 3.05) is 6.61 Å². The molecule has 1 fully saturated rings. The van der Waals surface area contributed by atoms with Gasteiger partial charge in [0, 0.05) is 5.39 Å². The highest BCUT2D eigenvalue weighted by Crippen LogP contribution is 2.37. The molecule has 0 aliphatic carbocycles. The standard InChI is InChI=1S/C29H24N2O2S/c1-2-33-26-18-17-22(24-15-9-10-16-25(24)26)19-27-28(32)31(20-21-11-5-3-6-12-21)29(34-27)30-23-13-7-4-8-14-23/h3-19H,2,20H2,1H3/b27-19+,30-29?. The second-order valence-electron chi connectivity index (χ2n) is 7.85. The van der Waals surface area contributed by atoms with Crippen LogP contribution in [0.4, 0.5) is 5.69 Å². The normalized spacial score (nSPS) is 16.0. The first kappa shape index (κ1) is 22.0. The van der Waals surface area contributed by atoms with Crippen molar-refractivity contribution in [2.45, 2.75) is 13.5 Å². The average Bonchev–Trinajstić information content (AvgIpc) is 3.15. The third-order valence-corrected chi connectivity index (χ3v) is 6.56. The Morgan fingerprint density at radius 1 is 0.853 bits per heavy atom. The van der Waals surface area contributed by atoms with E-state index in [1.54, 1.807) is 4.90 Å². The summed E-state index contributed by atoms with van der Waals surface area (Å²) in [6.07, 6.45) is 1.97. The van der Waals surface area contributed by atoms with Gasteiger partial charge in [-0.3, -0.25) is 9.69 Å². The van der Waals surface area contributed by atoms with Gasteiger partial charge >= 0.3 is 0 Å². The van der Waals surface area contributed by atoms with E-state index in [-0.39, 0.29) is 5.91 Å². The minimum Gasteiger partial charge on any atom is -0.493 e. The zero-order chi connectivity index (χ0) is 23.3. The van der Waals surface area contributed by atoms with Crippen LogP contribution in [0.5, 0.6) is 5.75 Å². The average molecular weight is 465 g/mol. The number of aliphatic imine (C=N–C) groups is 1. The predicted molar refractivity (Wildman–Crippen MR) is 141 cm³/mol. The van der Waals surface area contributed by atoms with Crippen molar-refractivity contribution in [3.05, 3.63) is 113 Å². The van der Waals surface area contributed by atoms with Crippen molar-refractivity contribution in [1.82, 2.24) is 4.90 Å². The minimum atomic E-state index is -0.0403. The number of benzene rings is 4. The molecule has 4 aromatic carbocycles. The summed E-state index contributed by atoms with van der Waals surface area (Å²) in [7, 11) is 0. The number of ether oxygens (including phenoxy) is 1. The van der Waals surface area contributed by atoms with Gasteiger partial charge in [-0.25, -0.2) is 4.99 Å².